The van der Waals surface area contributed by atoms with E-state index in [1.165, 1.54) is 12.7 Å². The van der Waals surface area contributed by atoms with E-state index in [2.05, 4.69) is 88.5 Å². The van der Waals surface area contributed by atoms with Crippen molar-refractivity contribution in [1.82, 2.24) is 0 Å². The molecule has 1 aromatic carbocycles. The molecule has 0 unspecified atom stereocenters. The summed E-state index contributed by atoms with van der Waals surface area (Å²) in [4.78, 5) is 0. The molecule has 1 aromatic rings. The van der Waals surface area contributed by atoms with Gasteiger partial charge in [0, 0.05) is 7.14 Å². The second-order valence-electron chi connectivity index (χ2n) is 2.68. The molecule has 0 aliphatic carbocycles. The number of rotatable bonds is 0. The molecule has 0 heterocycles. The zero-order valence-electron chi connectivity index (χ0n) is 7.30. The van der Waals surface area contributed by atoms with Crippen LogP contribution >= 0.6 is 45.2 Å². The molecule has 0 bridgehead atoms. The van der Waals surface area contributed by atoms with Crippen LogP contribution in [0.4, 0.5) is 0 Å². The normalized spacial score (nSPS) is 9.15. The fraction of sp³-hybridized carbons (Fsp3) is 0.0909. The molecule has 0 N–H and O–H groups in total. The standard InChI is InChI=1S/C11H10I2/c1-9-5-3-2-4-6-10(12)11(13)8-7-9/h2-8H,1H3. The van der Waals surface area contributed by atoms with E-state index in [-0.39, 0.29) is 0 Å². The number of aryl methyl sites for hydroxylation is 1. The van der Waals surface area contributed by atoms with Gasteiger partial charge in [0.25, 0.3) is 0 Å². The van der Waals surface area contributed by atoms with Crippen LogP contribution in [0.25, 0.3) is 0 Å². The summed E-state index contributed by atoms with van der Waals surface area (Å²) >= 11 is 4.69. The molecule has 0 atom stereocenters. The van der Waals surface area contributed by atoms with Gasteiger partial charge in [-0.05, 0) is 64.2 Å². The van der Waals surface area contributed by atoms with Gasteiger partial charge in [-0.3, -0.25) is 0 Å². The topological polar surface area (TPSA) is 0 Å². The van der Waals surface area contributed by atoms with E-state index < -0.39 is 0 Å². The van der Waals surface area contributed by atoms with Gasteiger partial charge in [-0.25, -0.2) is 0 Å². The summed E-state index contributed by atoms with van der Waals surface area (Å²) in [7, 11) is 0. The maximum Gasteiger partial charge on any atom is 0.0263 e. The molecule has 1 rings (SSSR count). The Morgan fingerprint density at radius 3 is 2.15 bits per heavy atom. The third kappa shape index (κ3) is 4.26. The Balaban J connectivity index is 3.34. The van der Waals surface area contributed by atoms with Crippen molar-refractivity contribution in [3.05, 3.63) is 55.2 Å². The van der Waals surface area contributed by atoms with Crippen LogP contribution in [-0.4, -0.2) is 0 Å². The van der Waals surface area contributed by atoms with Gasteiger partial charge in [-0.15, -0.1) is 0 Å². The lowest BCUT2D eigenvalue weighted by Gasteiger charge is -1.89. The summed E-state index contributed by atoms with van der Waals surface area (Å²) in [6.07, 6.45) is 0. The summed E-state index contributed by atoms with van der Waals surface area (Å²) < 4.78 is 2.55. The second kappa shape index (κ2) is 5.80. The lowest BCUT2D eigenvalue weighted by Crippen LogP contribution is -1.72. The van der Waals surface area contributed by atoms with Gasteiger partial charge >= 0.3 is 0 Å². The Kier molecular flexibility index (Phi) is 5.01. The Bertz CT molecular complexity index is 344. The van der Waals surface area contributed by atoms with Crippen LogP contribution in [0, 0.1) is 14.1 Å². The minimum atomic E-state index is 1.27. The van der Waals surface area contributed by atoms with Crippen molar-refractivity contribution in [3.8, 4) is 0 Å². The first-order valence-electron chi connectivity index (χ1n) is 3.95. The molecule has 0 saturated heterocycles. The first kappa shape index (κ1) is 11.2. The van der Waals surface area contributed by atoms with Crippen molar-refractivity contribution in [2.75, 3.05) is 0 Å². The summed E-state index contributed by atoms with van der Waals surface area (Å²) in [5.41, 5.74) is 1.27. The van der Waals surface area contributed by atoms with Crippen molar-refractivity contribution < 1.29 is 0 Å². The van der Waals surface area contributed by atoms with Crippen LogP contribution in [-0.2, 0) is 0 Å². The SMILES string of the molecule is Cc1cccccc(I)c(I)cc1. The van der Waals surface area contributed by atoms with E-state index >= 15 is 0 Å². The summed E-state index contributed by atoms with van der Waals surface area (Å²) in [5, 5.41) is 0. The largest absolute Gasteiger partial charge is 0.0622 e. The highest BCUT2D eigenvalue weighted by Gasteiger charge is 1.87. The summed E-state index contributed by atoms with van der Waals surface area (Å²) in [6.45, 7) is 2.10. The highest BCUT2D eigenvalue weighted by molar-refractivity contribution is 14.1. The second-order valence-corrected chi connectivity index (χ2v) is 5.01. The molecule has 0 radical (unpaired) electrons. The van der Waals surface area contributed by atoms with Gasteiger partial charge in [0.2, 0.25) is 0 Å². The number of hydrogen-bond donors (Lipinski definition) is 0. The fourth-order valence-electron chi connectivity index (χ4n) is 0.831. The molecule has 68 valence electrons. The van der Waals surface area contributed by atoms with Crippen molar-refractivity contribution in [1.29, 1.82) is 0 Å². The maximum absolute atomic E-state index is 2.35. The Morgan fingerprint density at radius 1 is 0.769 bits per heavy atom. The Labute approximate surface area is 106 Å². The quantitative estimate of drug-likeness (QED) is 0.573. The minimum Gasteiger partial charge on any atom is -0.0622 e. The first-order chi connectivity index (χ1) is 6.20. The molecule has 0 aliphatic heterocycles. The van der Waals surface area contributed by atoms with Crippen molar-refractivity contribution in [3.63, 3.8) is 0 Å². The average Bonchev–Trinajstić information content (AvgIpc) is 2.12. The maximum atomic E-state index is 2.35. The highest BCUT2D eigenvalue weighted by atomic mass is 127. The highest BCUT2D eigenvalue weighted by Crippen LogP contribution is 2.11. The van der Waals surface area contributed by atoms with Gasteiger partial charge in [0.1, 0.15) is 0 Å². The molecule has 0 spiro atoms. The van der Waals surface area contributed by atoms with E-state index in [4.69, 9.17) is 0 Å². The van der Waals surface area contributed by atoms with Crippen LogP contribution in [0.3, 0.4) is 0 Å². The van der Waals surface area contributed by atoms with E-state index in [0.717, 1.165) is 0 Å². The molecular formula is C11H10I2. The molecule has 13 heavy (non-hydrogen) atoms. The molecule has 0 aromatic heterocycles. The minimum absolute atomic E-state index is 1.27. The predicted molar refractivity (Wildman–Crippen MR) is 74.2 cm³/mol. The van der Waals surface area contributed by atoms with Crippen LogP contribution in [0.2, 0.25) is 0 Å². The molecule has 2 heteroatoms. The van der Waals surface area contributed by atoms with E-state index in [1.807, 2.05) is 6.07 Å². The van der Waals surface area contributed by atoms with Crippen LogP contribution in [0.15, 0.2) is 42.5 Å². The lowest BCUT2D eigenvalue weighted by atomic mass is 10.3. The van der Waals surface area contributed by atoms with E-state index in [0.29, 0.717) is 0 Å². The van der Waals surface area contributed by atoms with Gasteiger partial charge < -0.3 is 0 Å². The lowest BCUT2D eigenvalue weighted by molar-refractivity contribution is 1.48. The summed E-state index contributed by atoms with van der Waals surface area (Å²) in [6, 6.07) is 14.6. The van der Waals surface area contributed by atoms with Gasteiger partial charge in [-0.2, -0.15) is 0 Å². The van der Waals surface area contributed by atoms with Crippen molar-refractivity contribution in [2.45, 2.75) is 6.92 Å². The molecule has 0 aliphatic rings. The number of hydrogen-bond acceptors (Lipinski definition) is 0. The third-order valence-corrected chi connectivity index (χ3v) is 4.46. The monoisotopic (exact) mass is 396 g/mol. The smallest absolute Gasteiger partial charge is 0.0263 e. The third-order valence-electron chi connectivity index (χ3n) is 1.54. The zero-order chi connectivity index (χ0) is 9.68. The van der Waals surface area contributed by atoms with Crippen LogP contribution in [0.1, 0.15) is 5.56 Å². The van der Waals surface area contributed by atoms with Gasteiger partial charge in [-0.1, -0.05) is 35.9 Å². The molecule has 0 nitrogen and oxygen atoms in total. The van der Waals surface area contributed by atoms with Crippen molar-refractivity contribution in [2.24, 2.45) is 0 Å². The van der Waals surface area contributed by atoms with Crippen LogP contribution in [0.5, 0.6) is 0 Å². The van der Waals surface area contributed by atoms with Crippen molar-refractivity contribution >= 4 is 45.2 Å². The van der Waals surface area contributed by atoms with E-state index in [1.54, 1.807) is 0 Å². The zero-order valence-corrected chi connectivity index (χ0v) is 11.6. The van der Waals surface area contributed by atoms with Gasteiger partial charge in [0.05, 0.1) is 0 Å². The first-order valence-corrected chi connectivity index (χ1v) is 6.11. The fourth-order valence-corrected chi connectivity index (χ4v) is 1.58. The molecule has 0 amide bonds. The summed E-state index contributed by atoms with van der Waals surface area (Å²) in [5.74, 6) is 0. The average molecular weight is 396 g/mol. The predicted octanol–water partition coefficient (Wildman–Crippen LogP) is 4.33. The Hall–Kier alpha value is 0.160. The molecular weight excluding hydrogens is 386 g/mol. The van der Waals surface area contributed by atoms with Crippen LogP contribution < -0.4 is 0 Å². The molecule has 0 fully saturated rings. The van der Waals surface area contributed by atoms with Gasteiger partial charge in [0.15, 0.2) is 0 Å². The number of halogens is 2. The van der Waals surface area contributed by atoms with E-state index in [9.17, 15) is 0 Å². The molecule has 0 saturated carbocycles. The Morgan fingerprint density at radius 2 is 1.38 bits per heavy atom.